The van der Waals surface area contributed by atoms with Gasteiger partial charge in [0.05, 0.1) is 5.39 Å². The molecule has 5 aromatic rings. The molecule has 0 unspecified atom stereocenters. The number of fused-ring (bicyclic) bond motifs is 1. The molecule has 0 aliphatic heterocycles. The summed E-state index contributed by atoms with van der Waals surface area (Å²) in [5.41, 5.74) is 4.49. The zero-order chi connectivity index (χ0) is 20.5. The molecule has 2 heterocycles. The maximum atomic E-state index is 13.3. The van der Waals surface area contributed by atoms with Gasteiger partial charge in [-0.05, 0) is 54.1 Å². The monoisotopic (exact) mass is 414 g/mol. The quantitative estimate of drug-likeness (QED) is 0.359. The van der Waals surface area contributed by atoms with E-state index in [4.69, 9.17) is 11.6 Å². The van der Waals surface area contributed by atoms with E-state index in [1.54, 1.807) is 12.1 Å². The fourth-order valence-corrected chi connectivity index (χ4v) is 3.59. The fourth-order valence-electron chi connectivity index (χ4n) is 3.46. The van der Waals surface area contributed by atoms with Crippen molar-refractivity contribution in [2.24, 2.45) is 0 Å². The van der Waals surface area contributed by atoms with Gasteiger partial charge in [0.1, 0.15) is 18.0 Å². The van der Waals surface area contributed by atoms with Crippen molar-refractivity contribution in [3.8, 4) is 16.8 Å². The van der Waals surface area contributed by atoms with E-state index in [2.05, 4.69) is 27.4 Å². The van der Waals surface area contributed by atoms with Gasteiger partial charge in [0, 0.05) is 28.2 Å². The highest BCUT2D eigenvalue weighted by Gasteiger charge is 2.17. The first-order chi connectivity index (χ1) is 14.7. The van der Waals surface area contributed by atoms with Crippen molar-refractivity contribution in [3.05, 3.63) is 102 Å². The van der Waals surface area contributed by atoms with E-state index in [1.165, 1.54) is 18.5 Å². The summed E-state index contributed by atoms with van der Waals surface area (Å²) in [7, 11) is 0. The number of nitrogens with zero attached hydrogens (tertiary/aromatic N) is 3. The fraction of sp³-hybridized carbons (Fsp3) is 0. The Kier molecular flexibility index (Phi) is 4.65. The third-order valence-electron chi connectivity index (χ3n) is 4.88. The minimum Gasteiger partial charge on any atom is -0.340 e. The van der Waals surface area contributed by atoms with Gasteiger partial charge in [0.2, 0.25) is 0 Å². The van der Waals surface area contributed by atoms with Gasteiger partial charge >= 0.3 is 0 Å². The molecule has 0 atom stereocenters. The summed E-state index contributed by atoms with van der Waals surface area (Å²) in [6.07, 6.45) is 3.57. The summed E-state index contributed by atoms with van der Waals surface area (Å²) in [4.78, 5) is 9.04. The lowest BCUT2D eigenvalue weighted by molar-refractivity contribution is 0.628. The molecule has 0 amide bonds. The van der Waals surface area contributed by atoms with Gasteiger partial charge in [-0.15, -0.1) is 0 Å². The average molecular weight is 415 g/mol. The summed E-state index contributed by atoms with van der Waals surface area (Å²) in [5.74, 6) is 0.366. The van der Waals surface area contributed by atoms with Crippen LogP contribution in [0.1, 0.15) is 0 Å². The minimum absolute atomic E-state index is 0.285. The van der Waals surface area contributed by atoms with Crippen LogP contribution in [0.25, 0.3) is 27.8 Å². The van der Waals surface area contributed by atoms with Crippen molar-refractivity contribution in [3.63, 3.8) is 0 Å². The highest BCUT2D eigenvalue weighted by atomic mass is 35.5. The van der Waals surface area contributed by atoms with Crippen LogP contribution in [0.4, 0.5) is 15.9 Å². The van der Waals surface area contributed by atoms with Crippen LogP contribution in [-0.2, 0) is 0 Å². The number of benzene rings is 3. The normalized spacial score (nSPS) is 11.0. The van der Waals surface area contributed by atoms with Crippen LogP contribution < -0.4 is 5.32 Å². The first-order valence-electron chi connectivity index (χ1n) is 9.39. The number of nitrogens with one attached hydrogen (secondary N) is 1. The number of hydrogen-bond donors (Lipinski definition) is 1. The van der Waals surface area contributed by atoms with Gasteiger partial charge in [0.25, 0.3) is 0 Å². The van der Waals surface area contributed by atoms with Crippen molar-refractivity contribution in [2.45, 2.75) is 0 Å². The molecule has 0 saturated carbocycles. The van der Waals surface area contributed by atoms with Crippen molar-refractivity contribution in [1.29, 1.82) is 0 Å². The van der Waals surface area contributed by atoms with Gasteiger partial charge in [-0.2, -0.15) is 0 Å². The van der Waals surface area contributed by atoms with Gasteiger partial charge in [0.15, 0.2) is 5.65 Å². The molecule has 1 N–H and O–H groups in total. The van der Waals surface area contributed by atoms with Crippen LogP contribution in [0.2, 0.25) is 5.02 Å². The molecule has 30 heavy (non-hydrogen) atoms. The van der Waals surface area contributed by atoms with E-state index in [0.29, 0.717) is 10.8 Å². The molecule has 6 heteroatoms. The minimum atomic E-state index is -0.285. The number of anilines is 2. The maximum absolute atomic E-state index is 13.3. The summed E-state index contributed by atoms with van der Waals surface area (Å²) in [6, 6.07) is 23.9. The van der Waals surface area contributed by atoms with Crippen LogP contribution in [-0.4, -0.2) is 14.5 Å². The van der Waals surface area contributed by atoms with E-state index in [9.17, 15) is 4.39 Å². The Morgan fingerprint density at radius 3 is 2.30 bits per heavy atom. The molecule has 0 spiro atoms. The van der Waals surface area contributed by atoms with E-state index in [1.807, 2.05) is 53.2 Å². The Morgan fingerprint density at radius 1 is 0.833 bits per heavy atom. The Labute approximate surface area is 177 Å². The predicted molar refractivity (Wildman–Crippen MR) is 119 cm³/mol. The maximum Gasteiger partial charge on any atom is 0.150 e. The average Bonchev–Trinajstić information content (AvgIpc) is 3.17. The van der Waals surface area contributed by atoms with E-state index in [-0.39, 0.29) is 5.82 Å². The Balaban J connectivity index is 1.73. The zero-order valence-corrected chi connectivity index (χ0v) is 16.5. The second-order valence-electron chi connectivity index (χ2n) is 6.81. The number of hydrogen-bond acceptors (Lipinski definition) is 3. The molecule has 4 nitrogen and oxygen atoms in total. The highest BCUT2D eigenvalue weighted by molar-refractivity contribution is 6.30. The van der Waals surface area contributed by atoms with Crippen LogP contribution in [0, 0.1) is 5.82 Å². The van der Waals surface area contributed by atoms with Crippen molar-refractivity contribution in [1.82, 2.24) is 14.5 Å². The summed E-state index contributed by atoms with van der Waals surface area (Å²) < 4.78 is 15.3. The van der Waals surface area contributed by atoms with Gasteiger partial charge < -0.3 is 9.88 Å². The summed E-state index contributed by atoms with van der Waals surface area (Å²) >= 11 is 6.07. The lowest BCUT2D eigenvalue weighted by Crippen LogP contribution is -1.98. The number of rotatable bonds is 4. The smallest absolute Gasteiger partial charge is 0.150 e. The van der Waals surface area contributed by atoms with Crippen molar-refractivity contribution < 1.29 is 4.39 Å². The van der Waals surface area contributed by atoms with Gasteiger partial charge in [-0.25, -0.2) is 14.4 Å². The largest absolute Gasteiger partial charge is 0.340 e. The lowest BCUT2D eigenvalue weighted by Gasteiger charge is -2.09. The standard InChI is InChI=1S/C24H16ClFN4/c25-17-6-12-20(13-7-17)30-14-21(16-4-2-1-3-5-16)22-23(27-15-28-24(22)30)29-19-10-8-18(26)9-11-19/h1-15H,(H,27,28,29). The van der Waals surface area contributed by atoms with Gasteiger partial charge in [-0.3, -0.25) is 0 Å². The van der Waals surface area contributed by atoms with Crippen LogP contribution >= 0.6 is 11.6 Å². The van der Waals surface area contributed by atoms with Gasteiger partial charge in [-0.1, -0.05) is 41.9 Å². The van der Waals surface area contributed by atoms with E-state index >= 15 is 0 Å². The molecule has 0 fully saturated rings. The molecule has 0 radical (unpaired) electrons. The third kappa shape index (κ3) is 3.40. The van der Waals surface area contributed by atoms with E-state index in [0.717, 1.165) is 33.5 Å². The first-order valence-corrected chi connectivity index (χ1v) is 9.77. The molecule has 0 bridgehead atoms. The van der Waals surface area contributed by atoms with Crippen molar-refractivity contribution >= 4 is 34.1 Å². The summed E-state index contributed by atoms with van der Waals surface area (Å²) in [5, 5.41) is 4.86. The van der Waals surface area contributed by atoms with Crippen LogP contribution in [0.5, 0.6) is 0 Å². The van der Waals surface area contributed by atoms with Crippen LogP contribution in [0.15, 0.2) is 91.4 Å². The lowest BCUT2D eigenvalue weighted by atomic mass is 10.1. The molecular weight excluding hydrogens is 399 g/mol. The Bertz CT molecular complexity index is 1310. The molecule has 146 valence electrons. The molecule has 3 aromatic carbocycles. The second kappa shape index (κ2) is 7.61. The first kappa shape index (κ1) is 18.3. The second-order valence-corrected chi connectivity index (χ2v) is 7.24. The Morgan fingerprint density at radius 2 is 1.57 bits per heavy atom. The highest BCUT2D eigenvalue weighted by Crippen LogP contribution is 2.36. The zero-order valence-electron chi connectivity index (χ0n) is 15.8. The molecule has 0 aliphatic rings. The predicted octanol–water partition coefficient (Wildman–Crippen LogP) is 6.62. The molecule has 0 saturated heterocycles. The SMILES string of the molecule is Fc1ccc(Nc2ncnc3c2c(-c2ccccc2)cn3-c2ccc(Cl)cc2)cc1. The number of aromatic nitrogens is 3. The molecular formula is C24H16ClFN4. The molecule has 0 aliphatic carbocycles. The van der Waals surface area contributed by atoms with Crippen LogP contribution in [0.3, 0.4) is 0 Å². The van der Waals surface area contributed by atoms with Crippen molar-refractivity contribution in [2.75, 3.05) is 5.32 Å². The molecule has 2 aromatic heterocycles. The topological polar surface area (TPSA) is 42.7 Å². The van der Waals surface area contributed by atoms with E-state index < -0.39 is 0 Å². The third-order valence-corrected chi connectivity index (χ3v) is 5.13. The molecule has 5 rings (SSSR count). The Hall–Kier alpha value is -3.70. The summed E-state index contributed by atoms with van der Waals surface area (Å²) in [6.45, 7) is 0. The number of halogens is 2.